The summed E-state index contributed by atoms with van der Waals surface area (Å²) in [5.41, 5.74) is 0.333. The van der Waals surface area contributed by atoms with Crippen LogP contribution >= 0.6 is 12.2 Å². The Morgan fingerprint density at radius 1 is 1.32 bits per heavy atom. The zero-order chi connectivity index (χ0) is 15.9. The molecule has 0 unspecified atom stereocenters. The molecule has 2 saturated heterocycles. The van der Waals surface area contributed by atoms with Gasteiger partial charge in [-0.05, 0) is 24.4 Å². The molecule has 0 bridgehead atoms. The third-order valence-corrected chi connectivity index (χ3v) is 6.26. The van der Waals surface area contributed by atoms with E-state index in [1.165, 1.54) is 6.07 Å². The average Bonchev–Trinajstić information content (AvgIpc) is 2.88. The minimum Gasteiger partial charge on any atom is -0.383 e. The molecule has 0 amide bonds. The van der Waals surface area contributed by atoms with Gasteiger partial charge < -0.3 is 14.5 Å². The first kappa shape index (κ1) is 15.6. The van der Waals surface area contributed by atoms with Crippen molar-refractivity contribution in [2.24, 2.45) is 0 Å². The number of benzene rings is 1. The van der Waals surface area contributed by atoms with Gasteiger partial charge in [-0.15, -0.1) is 0 Å². The highest BCUT2D eigenvalue weighted by Gasteiger charge is 2.52. The van der Waals surface area contributed by atoms with Crippen LogP contribution in [-0.4, -0.2) is 62.3 Å². The number of halogens is 1. The maximum Gasteiger partial charge on any atom is 0.176 e. The van der Waals surface area contributed by atoms with Crippen molar-refractivity contribution >= 4 is 32.9 Å². The maximum absolute atomic E-state index is 14.1. The summed E-state index contributed by atoms with van der Waals surface area (Å²) >= 11 is 5.48. The van der Waals surface area contributed by atoms with Gasteiger partial charge in [-0.2, -0.15) is 0 Å². The first-order valence-electron chi connectivity index (χ1n) is 6.98. The number of ether oxygens (including phenoxy) is 1. The molecule has 0 spiro atoms. The molecule has 2 aliphatic heterocycles. The van der Waals surface area contributed by atoms with E-state index in [4.69, 9.17) is 17.0 Å². The van der Waals surface area contributed by atoms with Gasteiger partial charge in [0.25, 0.3) is 0 Å². The number of hydrogen-bond donors (Lipinski definition) is 0. The molecular formula is C14H17FN2O3S2. The molecule has 0 radical (unpaired) electrons. The number of hydrogen-bond acceptors (Lipinski definition) is 4. The number of thiocarbonyl (C=S) groups is 1. The van der Waals surface area contributed by atoms with Crippen molar-refractivity contribution in [2.75, 3.05) is 36.7 Å². The van der Waals surface area contributed by atoms with Gasteiger partial charge in [-0.3, -0.25) is 0 Å². The molecular weight excluding hydrogens is 327 g/mol. The van der Waals surface area contributed by atoms with Crippen molar-refractivity contribution in [3.8, 4) is 0 Å². The zero-order valence-electron chi connectivity index (χ0n) is 12.1. The Balaban J connectivity index is 1.99. The quantitative estimate of drug-likeness (QED) is 0.761. The number of fused-ring (bicyclic) bond motifs is 1. The largest absolute Gasteiger partial charge is 0.383 e. The molecule has 1 aromatic rings. The summed E-state index contributed by atoms with van der Waals surface area (Å²) in [5, 5.41) is 0.465. The number of sulfone groups is 1. The lowest BCUT2D eigenvalue weighted by Gasteiger charge is -2.25. The lowest BCUT2D eigenvalue weighted by atomic mass is 10.1. The lowest BCUT2D eigenvalue weighted by Crippen LogP contribution is -2.39. The molecule has 8 heteroatoms. The van der Waals surface area contributed by atoms with Gasteiger partial charge >= 0.3 is 0 Å². The molecule has 2 fully saturated rings. The minimum absolute atomic E-state index is 0.00434. The van der Waals surface area contributed by atoms with Crippen molar-refractivity contribution in [3.63, 3.8) is 0 Å². The summed E-state index contributed by atoms with van der Waals surface area (Å²) in [4.78, 5) is 3.50. The molecule has 5 nitrogen and oxygen atoms in total. The minimum atomic E-state index is -3.15. The second kappa shape index (κ2) is 5.75. The third-order valence-electron chi connectivity index (χ3n) is 4.13. The molecule has 0 aliphatic carbocycles. The van der Waals surface area contributed by atoms with Crippen LogP contribution in [0.15, 0.2) is 24.3 Å². The standard InChI is InChI=1S/C14H17FN2O3S2/c1-20-7-6-16-12-8-22(18,19)9-13(12)17(14(16)21)11-5-3-2-4-10(11)15/h2-5,12-13H,6-9H2,1H3/t12-,13-/m1/s1. The lowest BCUT2D eigenvalue weighted by molar-refractivity contribution is 0.169. The van der Waals surface area contributed by atoms with Gasteiger partial charge in [-0.1, -0.05) is 12.1 Å². The number of methoxy groups -OCH3 is 1. The van der Waals surface area contributed by atoms with Crippen LogP contribution in [0.25, 0.3) is 0 Å². The summed E-state index contributed by atoms with van der Waals surface area (Å²) < 4.78 is 43.2. The van der Waals surface area contributed by atoms with Crippen molar-refractivity contribution in [3.05, 3.63) is 30.1 Å². The fourth-order valence-corrected chi connectivity index (χ4v) is 5.57. The molecule has 0 N–H and O–H groups in total. The molecule has 2 atom stereocenters. The average molecular weight is 344 g/mol. The summed E-state index contributed by atoms with van der Waals surface area (Å²) in [5.74, 6) is -0.358. The van der Waals surface area contributed by atoms with E-state index in [0.717, 1.165) is 0 Å². The normalized spacial score (nSPS) is 26.5. The first-order valence-corrected chi connectivity index (χ1v) is 9.21. The molecule has 3 rings (SSSR count). The van der Waals surface area contributed by atoms with Gasteiger partial charge in [0, 0.05) is 13.7 Å². The van der Waals surface area contributed by atoms with Crippen LogP contribution in [0.5, 0.6) is 0 Å². The number of nitrogens with zero attached hydrogens (tertiary/aromatic N) is 2. The van der Waals surface area contributed by atoms with Crippen molar-refractivity contribution in [2.45, 2.75) is 12.1 Å². The van der Waals surface area contributed by atoms with E-state index in [0.29, 0.717) is 24.0 Å². The van der Waals surface area contributed by atoms with Gasteiger partial charge in [0.05, 0.1) is 35.9 Å². The Bertz CT molecular complexity index is 695. The Labute approximate surface area is 134 Å². The summed E-state index contributed by atoms with van der Waals surface area (Å²) in [7, 11) is -1.57. The fraction of sp³-hybridized carbons (Fsp3) is 0.500. The molecule has 0 aromatic heterocycles. The second-order valence-electron chi connectivity index (χ2n) is 5.50. The highest BCUT2D eigenvalue weighted by molar-refractivity contribution is 7.91. The van der Waals surface area contributed by atoms with Crippen LogP contribution in [-0.2, 0) is 14.6 Å². The monoisotopic (exact) mass is 344 g/mol. The van der Waals surface area contributed by atoms with E-state index in [2.05, 4.69) is 0 Å². The predicted octanol–water partition coefficient (Wildman–Crippen LogP) is 1.04. The van der Waals surface area contributed by atoms with Crippen molar-refractivity contribution in [1.29, 1.82) is 0 Å². The SMILES string of the molecule is COCCN1C(=S)N(c2ccccc2F)[C@@H]2CS(=O)(=O)C[C@H]21. The van der Waals surface area contributed by atoms with E-state index in [1.807, 2.05) is 4.90 Å². The maximum atomic E-state index is 14.1. The highest BCUT2D eigenvalue weighted by atomic mass is 32.2. The van der Waals surface area contributed by atoms with Gasteiger partial charge in [0.2, 0.25) is 0 Å². The smallest absolute Gasteiger partial charge is 0.176 e. The Hall–Kier alpha value is -1.25. The summed E-state index contributed by atoms with van der Waals surface area (Å²) in [6, 6.07) is 5.72. The van der Waals surface area contributed by atoms with Crippen molar-refractivity contribution < 1.29 is 17.5 Å². The number of para-hydroxylation sites is 1. The molecule has 2 heterocycles. The third kappa shape index (κ3) is 2.59. The fourth-order valence-electron chi connectivity index (χ4n) is 3.16. The Morgan fingerprint density at radius 2 is 2.00 bits per heavy atom. The zero-order valence-corrected chi connectivity index (χ0v) is 13.7. The summed E-state index contributed by atoms with van der Waals surface area (Å²) in [6.07, 6.45) is 0. The molecule has 2 aliphatic rings. The van der Waals surface area contributed by atoms with E-state index in [-0.39, 0.29) is 23.6 Å². The van der Waals surface area contributed by atoms with E-state index in [9.17, 15) is 12.8 Å². The Kier molecular flexibility index (Phi) is 4.09. The highest BCUT2D eigenvalue weighted by Crippen LogP contribution is 2.36. The van der Waals surface area contributed by atoms with Crippen LogP contribution in [0, 0.1) is 5.82 Å². The molecule has 22 heavy (non-hydrogen) atoms. The second-order valence-corrected chi connectivity index (χ2v) is 8.02. The number of anilines is 1. The molecule has 1 aromatic carbocycles. The van der Waals surface area contributed by atoms with E-state index in [1.54, 1.807) is 30.2 Å². The van der Waals surface area contributed by atoms with Crippen LogP contribution in [0.4, 0.5) is 10.1 Å². The van der Waals surface area contributed by atoms with Gasteiger partial charge in [0.1, 0.15) is 5.82 Å². The molecule has 0 saturated carbocycles. The van der Waals surface area contributed by atoms with Crippen molar-refractivity contribution in [1.82, 2.24) is 4.90 Å². The van der Waals surface area contributed by atoms with Crippen LogP contribution in [0.2, 0.25) is 0 Å². The molecule has 120 valence electrons. The first-order chi connectivity index (χ1) is 10.4. The predicted molar refractivity (Wildman–Crippen MR) is 86.3 cm³/mol. The van der Waals surface area contributed by atoms with Crippen LogP contribution in [0.3, 0.4) is 0 Å². The van der Waals surface area contributed by atoms with E-state index < -0.39 is 15.7 Å². The van der Waals surface area contributed by atoms with Crippen LogP contribution < -0.4 is 4.90 Å². The van der Waals surface area contributed by atoms with Gasteiger partial charge in [0.15, 0.2) is 14.9 Å². The number of rotatable bonds is 4. The van der Waals surface area contributed by atoms with Gasteiger partial charge in [-0.25, -0.2) is 12.8 Å². The van der Waals surface area contributed by atoms with Crippen LogP contribution in [0.1, 0.15) is 0 Å². The summed E-state index contributed by atoms with van der Waals surface area (Å²) in [6.45, 7) is 0.936. The Morgan fingerprint density at radius 3 is 2.68 bits per heavy atom. The topological polar surface area (TPSA) is 49.9 Å². The van der Waals surface area contributed by atoms with E-state index >= 15 is 0 Å².